The van der Waals surface area contributed by atoms with Gasteiger partial charge in [0.1, 0.15) is 0 Å². The van der Waals surface area contributed by atoms with Crippen LogP contribution in [-0.4, -0.2) is 27.7 Å². The molecule has 5 heteroatoms. The van der Waals surface area contributed by atoms with Gasteiger partial charge in [-0.1, -0.05) is 0 Å². The zero-order valence-corrected chi connectivity index (χ0v) is 13.4. The van der Waals surface area contributed by atoms with Gasteiger partial charge in [-0.05, 0) is 45.4 Å². The van der Waals surface area contributed by atoms with Gasteiger partial charge in [0.2, 0.25) is 5.91 Å². The van der Waals surface area contributed by atoms with Crippen molar-refractivity contribution in [3.05, 3.63) is 16.1 Å². The molecule has 1 saturated heterocycles. The number of carbonyl (C=O) groups is 1. The maximum atomic E-state index is 12.8. The molecule has 0 aromatic carbocycles. The van der Waals surface area contributed by atoms with E-state index in [-0.39, 0.29) is 17.3 Å². The second kappa shape index (κ2) is 6.02. The van der Waals surface area contributed by atoms with Crippen LogP contribution in [0.4, 0.5) is 0 Å². The summed E-state index contributed by atoms with van der Waals surface area (Å²) in [5.74, 6) is 0.520. The topological polar surface area (TPSA) is 33.2 Å². The van der Waals surface area contributed by atoms with Gasteiger partial charge in [0.05, 0.1) is 16.7 Å². The highest BCUT2D eigenvalue weighted by Crippen LogP contribution is 2.36. The van der Waals surface area contributed by atoms with Crippen molar-refractivity contribution in [2.45, 2.75) is 56.9 Å². The molecule has 3 nitrogen and oxygen atoms in total. The summed E-state index contributed by atoms with van der Waals surface area (Å²) in [4.78, 5) is 19.4. The van der Waals surface area contributed by atoms with E-state index in [2.05, 4.69) is 15.3 Å². The van der Waals surface area contributed by atoms with Gasteiger partial charge in [-0.2, -0.15) is 0 Å². The third kappa shape index (κ3) is 2.86. The molecule has 2 aliphatic rings. The molecule has 1 atom stereocenters. The summed E-state index contributed by atoms with van der Waals surface area (Å²) in [5.41, 5.74) is 1.09. The Balaban J connectivity index is 1.70. The first-order valence-corrected chi connectivity index (χ1v) is 8.83. The number of aryl methyl sites for hydroxylation is 1. The quantitative estimate of drug-likeness (QED) is 0.776. The van der Waals surface area contributed by atoms with Crippen LogP contribution >= 0.6 is 22.9 Å². The molecule has 0 bridgehead atoms. The van der Waals surface area contributed by atoms with Crippen molar-refractivity contribution in [1.82, 2.24) is 9.88 Å². The number of hydrogen-bond acceptors (Lipinski definition) is 3. The van der Waals surface area contributed by atoms with Crippen LogP contribution in [0, 0.1) is 12.8 Å². The Bertz CT molecular complexity index is 482. The molecule has 2 heterocycles. The lowest BCUT2D eigenvalue weighted by Crippen LogP contribution is -2.37. The van der Waals surface area contributed by atoms with Crippen molar-refractivity contribution in [2.75, 3.05) is 6.54 Å². The highest BCUT2D eigenvalue weighted by Gasteiger charge is 2.36. The monoisotopic (exact) mass is 312 g/mol. The van der Waals surface area contributed by atoms with Crippen LogP contribution in [0.1, 0.15) is 55.3 Å². The van der Waals surface area contributed by atoms with Gasteiger partial charge < -0.3 is 4.90 Å². The van der Waals surface area contributed by atoms with Gasteiger partial charge >= 0.3 is 0 Å². The van der Waals surface area contributed by atoms with Crippen LogP contribution in [0.2, 0.25) is 0 Å². The maximum absolute atomic E-state index is 12.8. The Hall–Kier alpha value is -0.610. The third-order valence-electron chi connectivity index (χ3n) is 4.52. The summed E-state index contributed by atoms with van der Waals surface area (Å²) < 4.78 is 0. The Morgan fingerprint density at radius 3 is 2.75 bits per heavy atom. The van der Waals surface area contributed by atoms with Crippen molar-refractivity contribution < 1.29 is 4.79 Å². The normalized spacial score (nSPS) is 30.7. The van der Waals surface area contributed by atoms with Gasteiger partial charge in [-0.3, -0.25) is 4.79 Å². The van der Waals surface area contributed by atoms with Crippen LogP contribution < -0.4 is 0 Å². The maximum Gasteiger partial charge on any atom is 0.226 e. The molecular weight excluding hydrogens is 292 g/mol. The highest BCUT2D eigenvalue weighted by atomic mass is 35.5. The zero-order valence-electron chi connectivity index (χ0n) is 11.8. The number of carbonyl (C=O) groups excluding carboxylic acids is 1. The summed E-state index contributed by atoms with van der Waals surface area (Å²) in [7, 11) is 0. The average Bonchev–Trinajstić information content (AvgIpc) is 3.07. The summed E-state index contributed by atoms with van der Waals surface area (Å²) in [6, 6.07) is 0.209. The van der Waals surface area contributed by atoms with Crippen molar-refractivity contribution in [2.24, 2.45) is 5.92 Å². The number of likely N-dealkylation sites (tertiary alicyclic amines) is 1. The van der Waals surface area contributed by atoms with Crippen LogP contribution in [0.15, 0.2) is 5.38 Å². The van der Waals surface area contributed by atoms with E-state index in [0.29, 0.717) is 5.91 Å². The Labute approximate surface area is 129 Å². The molecule has 1 aromatic rings. The lowest BCUT2D eigenvalue weighted by Gasteiger charge is -2.31. The summed E-state index contributed by atoms with van der Waals surface area (Å²) in [5, 5.41) is 3.47. The van der Waals surface area contributed by atoms with E-state index in [1.807, 2.05) is 6.92 Å². The minimum absolute atomic E-state index is 0.185. The van der Waals surface area contributed by atoms with Crippen LogP contribution in [-0.2, 0) is 4.79 Å². The fourth-order valence-corrected chi connectivity index (χ4v) is 4.32. The minimum atomic E-state index is 0.185. The van der Waals surface area contributed by atoms with Crippen LogP contribution in [0.5, 0.6) is 0 Å². The Kier molecular flexibility index (Phi) is 4.32. The van der Waals surface area contributed by atoms with Gasteiger partial charge in [-0.25, -0.2) is 4.98 Å². The van der Waals surface area contributed by atoms with Gasteiger partial charge in [-0.15, -0.1) is 22.9 Å². The van der Waals surface area contributed by atoms with Gasteiger partial charge in [0.15, 0.2) is 0 Å². The molecule has 1 aliphatic carbocycles. The average molecular weight is 313 g/mol. The first-order valence-electron chi connectivity index (χ1n) is 7.51. The number of nitrogens with zero attached hydrogens (tertiary/aromatic N) is 2. The molecule has 0 radical (unpaired) electrons. The second-order valence-electron chi connectivity index (χ2n) is 5.93. The van der Waals surface area contributed by atoms with E-state index in [4.69, 9.17) is 11.6 Å². The van der Waals surface area contributed by atoms with Gasteiger partial charge in [0.25, 0.3) is 0 Å². The van der Waals surface area contributed by atoms with Crippen LogP contribution in [0.3, 0.4) is 0 Å². The molecule has 1 aromatic heterocycles. The lowest BCUT2D eigenvalue weighted by molar-refractivity contribution is -0.137. The highest BCUT2D eigenvalue weighted by molar-refractivity contribution is 7.09. The lowest BCUT2D eigenvalue weighted by atomic mass is 9.87. The first kappa shape index (κ1) is 14.3. The molecule has 110 valence electrons. The van der Waals surface area contributed by atoms with Crippen molar-refractivity contribution in [3.8, 4) is 0 Å². The molecule has 1 saturated carbocycles. The van der Waals surface area contributed by atoms with E-state index in [1.54, 1.807) is 11.3 Å². The molecule has 2 fully saturated rings. The summed E-state index contributed by atoms with van der Waals surface area (Å²) in [6.07, 6.45) is 6.01. The minimum Gasteiger partial charge on any atom is -0.334 e. The number of rotatable bonds is 2. The molecule has 3 rings (SSSR count). The number of halogens is 1. The smallest absolute Gasteiger partial charge is 0.226 e. The molecule has 1 amide bonds. The predicted octanol–water partition coefficient (Wildman–Crippen LogP) is 3.91. The Morgan fingerprint density at radius 2 is 2.10 bits per heavy atom. The molecule has 0 unspecified atom stereocenters. The molecule has 0 N–H and O–H groups in total. The SMILES string of the molecule is Cc1nc([C@H]2CCCN2C(=O)C2CCC(Cl)CC2)cs1. The predicted molar refractivity (Wildman–Crippen MR) is 82.1 cm³/mol. The Morgan fingerprint density at radius 1 is 1.35 bits per heavy atom. The number of amides is 1. The standard InChI is InChI=1S/C15H21ClN2OS/c1-10-17-13(9-20-10)14-3-2-8-18(14)15(19)11-4-6-12(16)7-5-11/h9,11-12,14H,2-8H2,1H3/t11?,12?,14-/m1/s1. The van der Waals surface area contributed by atoms with Crippen molar-refractivity contribution >= 4 is 28.8 Å². The van der Waals surface area contributed by atoms with E-state index in [1.165, 1.54) is 0 Å². The third-order valence-corrected chi connectivity index (χ3v) is 5.75. The van der Waals surface area contributed by atoms with Crippen LogP contribution in [0.25, 0.3) is 0 Å². The molecule has 1 aliphatic heterocycles. The van der Waals surface area contributed by atoms with Crippen molar-refractivity contribution in [3.63, 3.8) is 0 Å². The molecular formula is C15H21ClN2OS. The zero-order chi connectivity index (χ0) is 14.1. The fourth-order valence-electron chi connectivity index (χ4n) is 3.41. The number of hydrogen-bond donors (Lipinski definition) is 0. The first-order chi connectivity index (χ1) is 9.65. The van der Waals surface area contributed by atoms with Gasteiger partial charge in [0, 0.05) is 23.2 Å². The van der Waals surface area contributed by atoms with E-state index in [0.717, 1.165) is 55.8 Å². The van der Waals surface area contributed by atoms with E-state index >= 15 is 0 Å². The molecule has 20 heavy (non-hydrogen) atoms. The summed E-state index contributed by atoms with van der Waals surface area (Å²) >= 11 is 7.81. The number of alkyl halides is 1. The number of thiazole rings is 1. The van der Waals surface area contributed by atoms with E-state index in [9.17, 15) is 4.79 Å². The summed E-state index contributed by atoms with van der Waals surface area (Å²) in [6.45, 7) is 2.91. The molecule has 0 spiro atoms. The number of aromatic nitrogens is 1. The van der Waals surface area contributed by atoms with E-state index < -0.39 is 0 Å². The second-order valence-corrected chi connectivity index (χ2v) is 7.61. The fraction of sp³-hybridized carbons (Fsp3) is 0.733. The van der Waals surface area contributed by atoms with Crippen molar-refractivity contribution in [1.29, 1.82) is 0 Å². The largest absolute Gasteiger partial charge is 0.334 e.